The molecule has 1 amide bonds. The van der Waals surface area contributed by atoms with Crippen LogP contribution in [0.2, 0.25) is 0 Å². The number of ether oxygens (including phenoxy) is 1. The Balaban J connectivity index is 1.90. The molecule has 3 N–H and O–H groups in total. The number of hydrogen-bond donors (Lipinski definition) is 2. The van der Waals surface area contributed by atoms with Crippen LogP contribution in [0, 0.1) is 5.82 Å². The first kappa shape index (κ1) is 17.8. The van der Waals surface area contributed by atoms with Gasteiger partial charge in [0.2, 0.25) is 0 Å². The van der Waals surface area contributed by atoms with E-state index >= 15 is 0 Å². The number of thioether (sulfide) groups is 1. The number of nitrogens with two attached hydrogens (primary N) is 1. The van der Waals surface area contributed by atoms with Crippen molar-refractivity contribution in [3.05, 3.63) is 45.9 Å². The molecule has 0 radical (unpaired) electrons. The number of methoxy groups -OCH3 is 1. The van der Waals surface area contributed by atoms with Gasteiger partial charge in [-0.2, -0.15) is 0 Å². The van der Waals surface area contributed by atoms with Crippen LogP contribution in [0.3, 0.4) is 0 Å². The Labute approximate surface area is 153 Å². The van der Waals surface area contributed by atoms with Crippen molar-refractivity contribution in [2.24, 2.45) is 10.7 Å². The maximum absolute atomic E-state index is 14.4. The normalized spacial score (nSPS) is 20.0. The molecule has 25 heavy (non-hydrogen) atoms. The molecule has 1 aromatic heterocycles. The molecule has 1 aliphatic rings. The van der Waals surface area contributed by atoms with Crippen molar-refractivity contribution in [2.75, 3.05) is 18.2 Å². The zero-order valence-electron chi connectivity index (χ0n) is 13.8. The van der Waals surface area contributed by atoms with Crippen LogP contribution in [-0.4, -0.2) is 23.9 Å². The van der Waals surface area contributed by atoms with Crippen LogP contribution in [-0.2, 0) is 5.54 Å². The van der Waals surface area contributed by atoms with Crippen LogP contribution >= 0.6 is 23.1 Å². The minimum absolute atomic E-state index is 0.303. The minimum atomic E-state index is -0.736. The molecule has 0 saturated heterocycles. The van der Waals surface area contributed by atoms with Gasteiger partial charge in [-0.15, -0.1) is 11.3 Å². The van der Waals surface area contributed by atoms with Gasteiger partial charge >= 0.3 is 0 Å². The molecular weight excluding hydrogens is 361 g/mol. The molecule has 0 aliphatic carbocycles. The molecule has 1 aromatic carbocycles. The van der Waals surface area contributed by atoms with E-state index in [1.165, 1.54) is 42.3 Å². The Morgan fingerprint density at radius 1 is 1.44 bits per heavy atom. The van der Waals surface area contributed by atoms with E-state index in [-0.39, 0.29) is 11.7 Å². The average molecular weight is 379 g/mol. The van der Waals surface area contributed by atoms with Crippen molar-refractivity contribution in [3.63, 3.8) is 0 Å². The van der Waals surface area contributed by atoms with Gasteiger partial charge in [0.25, 0.3) is 5.91 Å². The summed E-state index contributed by atoms with van der Waals surface area (Å²) in [6, 6.07) is 4.50. The molecule has 0 fully saturated rings. The molecule has 8 heteroatoms. The molecule has 2 heterocycles. The smallest absolute Gasteiger partial charge is 0.260 e. The maximum atomic E-state index is 14.4. The van der Waals surface area contributed by atoms with E-state index in [1.807, 2.05) is 6.92 Å². The van der Waals surface area contributed by atoms with E-state index in [0.717, 1.165) is 5.75 Å². The van der Waals surface area contributed by atoms with E-state index in [2.05, 4.69) is 10.3 Å². The first-order valence-electron chi connectivity index (χ1n) is 7.62. The van der Waals surface area contributed by atoms with Gasteiger partial charge in [0.1, 0.15) is 11.6 Å². The number of benzene rings is 1. The Morgan fingerprint density at radius 3 is 2.96 bits per heavy atom. The number of carbonyl (C=O) groups excluding carboxylic acids is 1. The summed E-state index contributed by atoms with van der Waals surface area (Å²) >= 11 is 2.84. The van der Waals surface area contributed by atoms with Gasteiger partial charge < -0.3 is 15.8 Å². The lowest BCUT2D eigenvalue weighted by Gasteiger charge is -2.30. The third kappa shape index (κ3) is 3.64. The summed E-state index contributed by atoms with van der Waals surface area (Å²) in [6.07, 6.45) is 0.672. The van der Waals surface area contributed by atoms with Gasteiger partial charge in [-0.3, -0.25) is 9.79 Å². The lowest BCUT2D eigenvalue weighted by atomic mass is 9.89. The number of nitrogens with zero attached hydrogens (tertiary/aromatic N) is 1. The zero-order chi connectivity index (χ0) is 18.0. The van der Waals surface area contributed by atoms with E-state index < -0.39 is 5.54 Å². The summed E-state index contributed by atoms with van der Waals surface area (Å²) in [7, 11) is 1.51. The fraction of sp³-hybridized carbons (Fsp3) is 0.294. The summed E-state index contributed by atoms with van der Waals surface area (Å²) < 4.78 is 19.6. The fourth-order valence-electron chi connectivity index (χ4n) is 2.70. The standard InChI is InChI=1S/C17H18FN3O2S2/c1-17(5-6-25-16(19)21-17)12-7-10(3-4-13(12)18)20-15(22)11-8-24-9-14(11)23-2/h3-4,7-9H,5-6H2,1-2H3,(H2,19,21)(H,20,22). The van der Waals surface area contributed by atoms with Crippen molar-refractivity contribution < 1.29 is 13.9 Å². The van der Waals surface area contributed by atoms with Crippen molar-refractivity contribution in [2.45, 2.75) is 18.9 Å². The Bertz CT molecular complexity index is 837. The van der Waals surface area contributed by atoms with Crippen LogP contribution < -0.4 is 15.8 Å². The molecule has 0 spiro atoms. The van der Waals surface area contributed by atoms with Gasteiger partial charge in [0.05, 0.1) is 18.2 Å². The lowest BCUT2D eigenvalue weighted by Crippen LogP contribution is -2.29. The van der Waals surface area contributed by atoms with Crippen molar-refractivity contribution in [3.8, 4) is 5.75 Å². The van der Waals surface area contributed by atoms with Crippen molar-refractivity contribution >= 4 is 39.9 Å². The number of carbonyl (C=O) groups is 1. The quantitative estimate of drug-likeness (QED) is 0.847. The molecule has 0 bridgehead atoms. The second-order valence-corrected chi connectivity index (χ2v) is 7.68. The first-order chi connectivity index (χ1) is 11.9. The Hall–Kier alpha value is -2.06. The fourth-order valence-corrected chi connectivity index (χ4v) is 4.45. The maximum Gasteiger partial charge on any atom is 0.260 e. The van der Waals surface area contributed by atoms with E-state index in [4.69, 9.17) is 10.5 Å². The Morgan fingerprint density at radius 2 is 2.24 bits per heavy atom. The topological polar surface area (TPSA) is 76.7 Å². The van der Waals surface area contributed by atoms with Crippen LogP contribution in [0.1, 0.15) is 29.3 Å². The van der Waals surface area contributed by atoms with Crippen LogP contribution in [0.5, 0.6) is 5.75 Å². The van der Waals surface area contributed by atoms with Gasteiger partial charge in [-0.25, -0.2) is 4.39 Å². The highest BCUT2D eigenvalue weighted by Gasteiger charge is 2.32. The van der Waals surface area contributed by atoms with Crippen LogP contribution in [0.4, 0.5) is 10.1 Å². The monoisotopic (exact) mass is 379 g/mol. The number of nitrogens with one attached hydrogen (secondary N) is 1. The zero-order valence-corrected chi connectivity index (χ0v) is 15.5. The highest BCUT2D eigenvalue weighted by Crippen LogP contribution is 2.37. The number of halogens is 1. The van der Waals surface area contributed by atoms with E-state index in [0.29, 0.717) is 34.2 Å². The Kier molecular flexibility index (Phi) is 5.01. The third-order valence-electron chi connectivity index (χ3n) is 4.09. The molecule has 132 valence electrons. The molecule has 1 unspecified atom stereocenters. The summed E-state index contributed by atoms with van der Waals surface area (Å²) in [4.78, 5) is 16.9. The summed E-state index contributed by atoms with van der Waals surface area (Å²) in [5, 5.41) is 6.70. The molecule has 1 aliphatic heterocycles. The van der Waals surface area contributed by atoms with Gasteiger partial charge in [0.15, 0.2) is 5.17 Å². The molecule has 2 aromatic rings. The lowest BCUT2D eigenvalue weighted by molar-refractivity contribution is 0.102. The van der Waals surface area contributed by atoms with E-state index in [1.54, 1.807) is 16.8 Å². The minimum Gasteiger partial charge on any atom is -0.495 e. The third-order valence-corrected chi connectivity index (χ3v) is 5.61. The SMILES string of the molecule is COc1cscc1C(=O)Nc1ccc(F)c(C2(C)CCSC(N)=N2)c1. The van der Waals surface area contributed by atoms with Gasteiger partial charge in [-0.05, 0) is 31.5 Å². The largest absolute Gasteiger partial charge is 0.495 e. The summed E-state index contributed by atoms with van der Waals surface area (Å²) in [5.41, 5.74) is 6.45. The molecule has 0 saturated carbocycles. The second kappa shape index (κ2) is 7.05. The number of anilines is 1. The molecule has 5 nitrogen and oxygen atoms in total. The first-order valence-corrected chi connectivity index (χ1v) is 9.55. The van der Waals surface area contributed by atoms with Crippen molar-refractivity contribution in [1.29, 1.82) is 0 Å². The average Bonchev–Trinajstić information content (AvgIpc) is 3.05. The van der Waals surface area contributed by atoms with Crippen LogP contribution in [0.15, 0.2) is 34.0 Å². The summed E-state index contributed by atoms with van der Waals surface area (Å²) in [6.45, 7) is 1.85. The van der Waals surface area contributed by atoms with Crippen LogP contribution in [0.25, 0.3) is 0 Å². The number of thiophene rings is 1. The van der Waals surface area contributed by atoms with E-state index in [9.17, 15) is 9.18 Å². The predicted molar refractivity (Wildman–Crippen MR) is 101 cm³/mol. The number of rotatable bonds is 4. The van der Waals surface area contributed by atoms with Crippen molar-refractivity contribution in [1.82, 2.24) is 0 Å². The number of amidine groups is 1. The molecular formula is C17H18FN3O2S2. The predicted octanol–water partition coefficient (Wildman–Crippen LogP) is 3.81. The summed E-state index contributed by atoms with van der Waals surface area (Å²) in [5.74, 6) is 0.618. The van der Waals surface area contributed by atoms with Gasteiger partial charge in [0, 0.05) is 27.8 Å². The highest BCUT2D eigenvalue weighted by atomic mass is 32.2. The second-order valence-electron chi connectivity index (χ2n) is 5.82. The number of aliphatic imine (C=N–C) groups is 1. The molecule has 1 atom stereocenters. The number of hydrogen-bond acceptors (Lipinski definition) is 6. The number of amides is 1. The molecule has 3 rings (SSSR count). The highest BCUT2D eigenvalue weighted by molar-refractivity contribution is 8.13. The van der Waals surface area contributed by atoms with Gasteiger partial charge in [-0.1, -0.05) is 11.8 Å².